The molecular weight excluding hydrogens is 330 g/mol. The molecule has 7 nitrogen and oxygen atoms in total. The Morgan fingerprint density at radius 2 is 2.00 bits per heavy atom. The molecule has 2 rings (SSSR count). The third-order valence-corrected chi connectivity index (χ3v) is 4.15. The van der Waals surface area contributed by atoms with Crippen molar-refractivity contribution in [2.75, 3.05) is 0 Å². The Balaban J connectivity index is 2.22. The Hall–Kier alpha value is -2.74. The van der Waals surface area contributed by atoms with E-state index < -0.39 is 15.5 Å². The van der Waals surface area contributed by atoms with Crippen molar-refractivity contribution in [1.29, 1.82) is 0 Å². The highest BCUT2D eigenvalue weighted by Crippen LogP contribution is 2.19. The van der Waals surface area contributed by atoms with Gasteiger partial charge in [0.05, 0.1) is 11.6 Å². The van der Waals surface area contributed by atoms with E-state index in [0.29, 0.717) is 17.8 Å². The second-order valence-corrected chi connectivity index (χ2v) is 6.03. The molecule has 0 aliphatic carbocycles. The summed E-state index contributed by atoms with van der Waals surface area (Å²) in [5, 5.41) is 13.2. The van der Waals surface area contributed by atoms with Crippen LogP contribution in [-0.4, -0.2) is 21.7 Å². The van der Waals surface area contributed by atoms with E-state index in [1.54, 1.807) is 0 Å². The summed E-state index contributed by atoms with van der Waals surface area (Å²) in [5.74, 6) is -0.690. The van der Waals surface area contributed by atoms with E-state index >= 15 is 0 Å². The van der Waals surface area contributed by atoms with Gasteiger partial charge in [0.2, 0.25) is 5.91 Å². The number of hydrogen-bond acceptors (Lipinski definition) is 6. The van der Waals surface area contributed by atoms with Gasteiger partial charge in [0.1, 0.15) is 5.56 Å². The van der Waals surface area contributed by atoms with Gasteiger partial charge in [0.25, 0.3) is 5.56 Å². The van der Waals surface area contributed by atoms with Crippen molar-refractivity contribution in [3.05, 3.63) is 61.5 Å². The summed E-state index contributed by atoms with van der Waals surface area (Å²) in [4.78, 5) is 36.6. The van der Waals surface area contributed by atoms with Gasteiger partial charge in [-0.1, -0.05) is 37.3 Å². The van der Waals surface area contributed by atoms with E-state index in [0.717, 1.165) is 5.56 Å². The Labute approximate surface area is 141 Å². The average Bonchev–Trinajstić information content (AvgIpc) is 2.53. The number of hydrazone groups is 1. The minimum Gasteiger partial charge on any atom is -0.499 e. The lowest BCUT2D eigenvalue weighted by atomic mass is 9.96. The van der Waals surface area contributed by atoms with Crippen molar-refractivity contribution in [2.24, 2.45) is 5.10 Å². The Morgan fingerprint density at radius 3 is 2.58 bits per heavy atom. The number of amides is 1. The number of aromatic amines is 1. The third-order valence-electron chi connectivity index (χ3n) is 3.47. The molecule has 0 saturated heterocycles. The predicted octanol–water partition coefficient (Wildman–Crippen LogP) is 1.54. The van der Waals surface area contributed by atoms with Crippen molar-refractivity contribution in [3.8, 4) is 5.06 Å². The van der Waals surface area contributed by atoms with Crippen molar-refractivity contribution < 1.29 is 9.90 Å². The van der Waals surface area contributed by atoms with Crippen LogP contribution in [-0.2, 0) is 4.79 Å². The first-order chi connectivity index (χ1) is 11.4. The van der Waals surface area contributed by atoms with Crippen LogP contribution >= 0.6 is 11.3 Å². The molecule has 0 aliphatic rings. The van der Waals surface area contributed by atoms with Gasteiger partial charge in [-0.15, -0.1) is 0 Å². The number of nitrogens with one attached hydrogen (secondary N) is 2. The molecule has 0 spiro atoms. The molecule has 1 unspecified atom stereocenters. The summed E-state index contributed by atoms with van der Waals surface area (Å²) in [6.07, 6.45) is 0.587. The topological polar surface area (TPSA) is 112 Å². The van der Waals surface area contributed by atoms with Crippen molar-refractivity contribution >= 4 is 23.0 Å². The van der Waals surface area contributed by atoms with Crippen LogP contribution in [0.3, 0.4) is 0 Å². The van der Waals surface area contributed by atoms with Gasteiger partial charge in [-0.25, -0.2) is 5.43 Å². The van der Waals surface area contributed by atoms with E-state index in [-0.39, 0.29) is 23.1 Å². The van der Waals surface area contributed by atoms with Gasteiger partial charge in [-0.2, -0.15) is 5.10 Å². The average molecular weight is 347 g/mol. The number of H-pyrrole nitrogens is 1. The highest BCUT2D eigenvalue weighted by molar-refractivity contribution is 7.11. The number of aromatic hydroxyl groups is 1. The van der Waals surface area contributed by atoms with E-state index in [4.69, 9.17) is 0 Å². The molecule has 0 aliphatic heterocycles. The smallest absolute Gasteiger partial charge is 0.310 e. The molecule has 1 heterocycles. The van der Waals surface area contributed by atoms with Crippen LogP contribution in [0.15, 0.2) is 45.0 Å². The van der Waals surface area contributed by atoms with Crippen LogP contribution in [0.25, 0.3) is 0 Å². The molecule has 1 amide bonds. The van der Waals surface area contributed by atoms with Crippen LogP contribution < -0.4 is 15.9 Å². The summed E-state index contributed by atoms with van der Waals surface area (Å²) < 4.78 is 0. The molecule has 24 heavy (non-hydrogen) atoms. The lowest BCUT2D eigenvalue weighted by molar-refractivity contribution is -0.122. The molecule has 1 atom stereocenters. The second-order valence-electron chi connectivity index (χ2n) is 5.07. The fraction of sp³-hybridized carbons (Fsp3) is 0.250. The minimum absolute atomic E-state index is 0.112. The van der Waals surface area contributed by atoms with Gasteiger partial charge in [0, 0.05) is 0 Å². The summed E-state index contributed by atoms with van der Waals surface area (Å²) in [6.45, 7) is 3.35. The molecule has 0 saturated carbocycles. The number of carbonyl (C=O) groups excluding carboxylic acids is 1. The summed E-state index contributed by atoms with van der Waals surface area (Å²) >= 11 is 0.494. The molecular formula is C16H17N3O4S. The number of benzene rings is 1. The summed E-state index contributed by atoms with van der Waals surface area (Å²) in [5.41, 5.74) is 2.51. The molecule has 2 aromatic rings. The van der Waals surface area contributed by atoms with E-state index in [1.807, 2.05) is 37.3 Å². The quantitative estimate of drug-likeness (QED) is 0.562. The number of nitrogens with zero attached hydrogens (tertiary/aromatic N) is 1. The maximum Gasteiger partial charge on any atom is 0.310 e. The van der Waals surface area contributed by atoms with Gasteiger partial charge in [-0.05, 0) is 30.2 Å². The third kappa shape index (κ3) is 3.96. The standard InChI is InChI=1S/C16H17N3O4S/c1-3-11(10-7-5-4-6-8-10)13(20)19-18-9(2)12-14(21)17-16(23)24-15(12)22/h4-8,11,22H,3H2,1-2H3,(H,19,20)(H,17,21,23)/b18-9+. The first-order valence-corrected chi connectivity index (χ1v) is 8.11. The first-order valence-electron chi connectivity index (χ1n) is 7.29. The first kappa shape index (κ1) is 17.6. The fourth-order valence-electron chi connectivity index (χ4n) is 2.27. The number of aromatic nitrogens is 1. The Bertz CT molecular complexity index is 871. The zero-order valence-electron chi connectivity index (χ0n) is 13.2. The van der Waals surface area contributed by atoms with Crippen molar-refractivity contribution in [3.63, 3.8) is 0 Å². The molecule has 3 N–H and O–H groups in total. The van der Waals surface area contributed by atoms with Crippen LogP contribution in [0.2, 0.25) is 0 Å². The van der Waals surface area contributed by atoms with E-state index in [2.05, 4.69) is 15.5 Å². The number of rotatable bonds is 5. The van der Waals surface area contributed by atoms with Gasteiger partial charge < -0.3 is 5.11 Å². The molecule has 126 valence electrons. The highest BCUT2D eigenvalue weighted by atomic mass is 32.1. The maximum absolute atomic E-state index is 12.3. The monoisotopic (exact) mass is 347 g/mol. The van der Waals surface area contributed by atoms with Gasteiger partial charge in [0.15, 0.2) is 5.06 Å². The molecule has 0 radical (unpaired) electrons. The molecule has 1 aromatic heterocycles. The number of hydrogen-bond donors (Lipinski definition) is 3. The molecule has 1 aromatic carbocycles. The fourth-order valence-corrected chi connectivity index (χ4v) is 2.93. The molecule has 8 heteroatoms. The molecule has 0 fully saturated rings. The zero-order valence-corrected chi connectivity index (χ0v) is 14.0. The van der Waals surface area contributed by atoms with Crippen LogP contribution in [0.5, 0.6) is 5.06 Å². The van der Waals surface area contributed by atoms with Crippen molar-refractivity contribution in [2.45, 2.75) is 26.2 Å². The van der Waals surface area contributed by atoms with E-state index in [9.17, 15) is 19.5 Å². The largest absolute Gasteiger partial charge is 0.499 e. The van der Waals surface area contributed by atoms with Crippen LogP contribution in [0.4, 0.5) is 0 Å². The van der Waals surface area contributed by atoms with Gasteiger partial charge in [-0.3, -0.25) is 19.4 Å². The number of carbonyl (C=O) groups is 1. The maximum atomic E-state index is 12.3. The lowest BCUT2D eigenvalue weighted by Gasteiger charge is -2.13. The second kappa shape index (κ2) is 7.69. The Morgan fingerprint density at radius 1 is 1.33 bits per heavy atom. The zero-order chi connectivity index (χ0) is 17.7. The van der Waals surface area contributed by atoms with Crippen LogP contribution in [0.1, 0.15) is 37.3 Å². The highest BCUT2D eigenvalue weighted by Gasteiger charge is 2.19. The molecule has 0 bridgehead atoms. The normalized spacial score (nSPS) is 12.7. The van der Waals surface area contributed by atoms with Crippen LogP contribution in [0, 0.1) is 0 Å². The predicted molar refractivity (Wildman–Crippen MR) is 92.7 cm³/mol. The Kier molecular flexibility index (Phi) is 5.64. The SMILES string of the molecule is CCC(C(=O)N/N=C(\C)c1c(O)sc(=O)[nH]c1=O)c1ccccc1. The summed E-state index contributed by atoms with van der Waals surface area (Å²) in [7, 11) is 0. The lowest BCUT2D eigenvalue weighted by Crippen LogP contribution is -2.28. The summed E-state index contributed by atoms with van der Waals surface area (Å²) in [6, 6.07) is 9.28. The minimum atomic E-state index is -0.748. The van der Waals surface area contributed by atoms with Gasteiger partial charge >= 0.3 is 4.87 Å². The van der Waals surface area contributed by atoms with E-state index in [1.165, 1.54) is 6.92 Å². The van der Waals surface area contributed by atoms with Crippen molar-refractivity contribution in [1.82, 2.24) is 10.4 Å².